The predicted molar refractivity (Wildman–Crippen MR) is 157 cm³/mol. The van der Waals surface area contributed by atoms with Crippen molar-refractivity contribution >= 4 is 17.7 Å². The van der Waals surface area contributed by atoms with Crippen molar-refractivity contribution in [1.82, 2.24) is 15.1 Å². The lowest BCUT2D eigenvalue weighted by Crippen LogP contribution is -2.51. The molecule has 1 aromatic carbocycles. The van der Waals surface area contributed by atoms with Crippen LogP contribution in [0.3, 0.4) is 0 Å². The highest BCUT2D eigenvalue weighted by molar-refractivity contribution is 5.80. The predicted octanol–water partition coefficient (Wildman–Crippen LogP) is 5.08. The van der Waals surface area contributed by atoms with E-state index in [1.807, 2.05) is 57.8 Å². The minimum atomic E-state index is -0.380. The third-order valence-electron chi connectivity index (χ3n) is 8.25. The molecule has 0 bridgehead atoms. The first-order chi connectivity index (χ1) is 18.5. The summed E-state index contributed by atoms with van der Waals surface area (Å²) in [6, 6.07) is 10.1. The van der Waals surface area contributed by atoms with Gasteiger partial charge in [-0.3, -0.25) is 14.4 Å². The molecule has 1 aliphatic rings. The molecule has 220 valence electrons. The Kier molecular flexibility index (Phi) is 13.5. The smallest absolute Gasteiger partial charge is 0.225 e. The second kappa shape index (κ2) is 16.0. The lowest BCUT2D eigenvalue weighted by atomic mass is 9.90. The number of benzene rings is 1. The number of hydrogen-bond acceptors (Lipinski definition) is 4. The van der Waals surface area contributed by atoms with Crippen molar-refractivity contribution in [2.24, 2.45) is 17.8 Å². The van der Waals surface area contributed by atoms with Gasteiger partial charge in [0.2, 0.25) is 17.7 Å². The van der Waals surface area contributed by atoms with E-state index < -0.39 is 0 Å². The number of nitrogens with one attached hydrogen (secondary N) is 1. The number of carbonyl (C=O) groups excluding carboxylic acids is 3. The second-order valence-corrected chi connectivity index (χ2v) is 12.1. The molecule has 1 saturated heterocycles. The molecule has 6 atom stereocenters. The van der Waals surface area contributed by atoms with Gasteiger partial charge in [-0.05, 0) is 50.0 Å². The maximum atomic E-state index is 13.6. The Morgan fingerprint density at radius 3 is 2.33 bits per heavy atom. The van der Waals surface area contributed by atoms with E-state index in [0.717, 1.165) is 25.7 Å². The largest absolute Gasteiger partial charge is 0.379 e. The summed E-state index contributed by atoms with van der Waals surface area (Å²) in [5.41, 5.74) is 1.20. The van der Waals surface area contributed by atoms with E-state index in [1.165, 1.54) is 5.56 Å². The molecule has 0 aromatic heterocycles. The van der Waals surface area contributed by atoms with Crippen molar-refractivity contribution in [3.8, 4) is 0 Å². The van der Waals surface area contributed by atoms with Crippen LogP contribution in [0.2, 0.25) is 0 Å². The molecule has 3 amide bonds. The van der Waals surface area contributed by atoms with Crippen LogP contribution >= 0.6 is 0 Å². The number of nitrogens with zero attached hydrogens (tertiary/aromatic N) is 2. The standard InChI is InChI=1S/C32H53N3O4/c1-9-23(4)31(34(7)29(36)18-22(2)3)28(39-8)21-30(37)35-17-13-16-27(35)19-24(5)32(38)33-25(6)20-26-14-11-10-12-15-26/h10-12,14-15,22-25,27-28,31H,9,13,16-21H2,1-8H3,(H,33,38)/t23-,24+,25+,27-,28+,31-/m0/s1. The minimum absolute atomic E-state index is 0.0367. The molecule has 7 nitrogen and oxygen atoms in total. The normalized spacial score (nSPS) is 19.3. The van der Waals surface area contributed by atoms with Crippen LogP contribution in [0.5, 0.6) is 0 Å². The summed E-state index contributed by atoms with van der Waals surface area (Å²) in [7, 11) is 3.48. The van der Waals surface area contributed by atoms with Gasteiger partial charge < -0.3 is 19.9 Å². The average molecular weight is 544 g/mol. The zero-order valence-electron chi connectivity index (χ0n) is 25.6. The van der Waals surface area contributed by atoms with Gasteiger partial charge in [-0.25, -0.2) is 0 Å². The number of likely N-dealkylation sites (tertiary alicyclic amines) is 1. The van der Waals surface area contributed by atoms with Gasteiger partial charge in [-0.15, -0.1) is 0 Å². The number of hydrogen-bond donors (Lipinski definition) is 1. The first-order valence-corrected chi connectivity index (χ1v) is 14.9. The van der Waals surface area contributed by atoms with Crippen molar-refractivity contribution in [1.29, 1.82) is 0 Å². The van der Waals surface area contributed by atoms with Gasteiger partial charge in [0, 0.05) is 45.1 Å². The Balaban J connectivity index is 2.01. The number of amides is 3. The molecule has 39 heavy (non-hydrogen) atoms. The molecule has 0 spiro atoms. The minimum Gasteiger partial charge on any atom is -0.379 e. The SMILES string of the molecule is CC[C@H](C)[C@@H]([C@@H](CC(=O)N1CCC[C@H]1C[C@@H](C)C(=O)N[C@H](C)Cc1ccccc1)OC)N(C)C(=O)CC(C)C. The summed E-state index contributed by atoms with van der Waals surface area (Å²) in [4.78, 5) is 43.2. The molecule has 0 radical (unpaired) electrons. The van der Waals surface area contributed by atoms with Gasteiger partial charge in [0.1, 0.15) is 0 Å². The summed E-state index contributed by atoms with van der Waals surface area (Å²) in [6.45, 7) is 13.0. The molecule has 0 unspecified atom stereocenters. The van der Waals surface area contributed by atoms with E-state index in [9.17, 15) is 14.4 Å². The molecule has 1 heterocycles. The second-order valence-electron chi connectivity index (χ2n) is 12.1. The topological polar surface area (TPSA) is 79.0 Å². The summed E-state index contributed by atoms with van der Waals surface area (Å²) in [6.07, 6.45) is 4.50. The van der Waals surface area contributed by atoms with E-state index in [0.29, 0.717) is 19.4 Å². The van der Waals surface area contributed by atoms with Gasteiger partial charge in [-0.2, -0.15) is 0 Å². The Hall–Kier alpha value is -2.41. The Bertz CT molecular complexity index is 906. The van der Waals surface area contributed by atoms with Crippen molar-refractivity contribution < 1.29 is 19.1 Å². The molecule has 1 aromatic rings. The summed E-state index contributed by atoms with van der Waals surface area (Å²) in [5.74, 6) is 0.450. The molecule has 1 aliphatic heterocycles. The van der Waals surface area contributed by atoms with Crippen LogP contribution in [-0.4, -0.2) is 72.5 Å². The van der Waals surface area contributed by atoms with Crippen molar-refractivity contribution in [2.75, 3.05) is 20.7 Å². The molecule has 7 heteroatoms. The van der Waals surface area contributed by atoms with Crippen LogP contribution in [-0.2, 0) is 25.5 Å². The summed E-state index contributed by atoms with van der Waals surface area (Å²) >= 11 is 0. The van der Waals surface area contributed by atoms with E-state index in [1.54, 1.807) is 12.0 Å². The summed E-state index contributed by atoms with van der Waals surface area (Å²) < 4.78 is 5.88. The van der Waals surface area contributed by atoms with Crippen LogP contribution in [0, 0.1) is 17.8 Å². The molecule has 2 rings (SSSR count). The first kappa shape index (κ1) is 32.8. The van der Waals surface area contributed by atoms with Gasteiger partial charge in [-0.1, -0.05) is 71.4 Å². The number of carbonyl (C=O) groups is 3. The van der Waals surface area contributed by atoms with E-state index >= 15 is 0 Å². The van der Waals surface area contributed by atoms with Gasteiger partial charge >= 0.3 is 0 Å². The molecule has 1 N–H and O–H groups in total. The van der Waals surface area contributed by atoms with Crippen LogP contribution in [0.1, 0.15) is 85.6 Å². The number of methoxy groups -OCH3 is 1. The van der Waals surface area contributed by atoms with Crippen LogP contribution < -0.4 is 5.32 Å². The van der Waals surface area contributed by atoms with Crippen molar-refractivity contribution in [3.63, 3.8) is 0 Å². The third kappa shape index (κ3) is 9.93. The Labute approximate surface area is 237 Å². The monoisotopic (exact) mass is 543 g/mol. The van der Waals surface area contributed by atoms with Crippen molar-refractivity contribution in [2.45, 2.75) is 111 Å². The highest BCUT2D eigenvalue weighted by Gasteiger charge is 2.37. The highest BCUT2D eigenvalue weighted by atomic mass is 16.5. The fourth-order valence-corrected chi connectivity index (χ4v) is 5.86. The molecule has 0 aliphatic carbocycles. The van der Waals surface area contributed by atoms with Crippen molar-refractivity contribution in [3.05, 3.63) is 35.9 Å². The quantitative estimate of drug-likeness (QED) is 0.335. The van der Waals surface area contributed by atoms with E-state index in [-0.39, 0.29) is 66.1 Å². The maximum Gasteiger partial charge on any atom is 0.225 e. The lowest BCUT2D eigenvalue weighted by Gasteiger charge is -2.39. The highest BCUT2D eigenvalue weighted by Crippen LogP contribution is 2.28. The van der Waals surface area contributed by atoms with Gasteiger partial charge in [0.25, 0.3) is 0 Å². The number of ether oxygens (including phenoxy) is 1. The van der Waals surface area contributed by atoms with Crippen LogP contribution in [0.4, 0.5) is 0 Å². The fourth-order valence-electron chi connectivity index (χ4n) is 5.86. The zero-order chi connectivity index (χ0) is 29.1. The fraction of sp³-hybridized carbons (Fsp3) is 0.719. The number of likely N-dealkylation sites (N-methyl/N-ethyl adjacent to an activating group) is 1. The molecular weight excluding hydrogens is 490 g/mol. The first-order valence-electron chi connectivity index (χ1n) is 14.9. The van der Waals surface area contributed by atoms with Gasteiger partial charge in [0.05, 0.1) is 18.6 Å². The van der Waals surface area contributed by atoms with Crippen LogP contribution in [0.25, 0.3) is 0 Å². The van der Waals surface area contributed by atoms with Crippen LogP contribution in [0.15, 0.2) is 30.3 Å². The van der Waals surface area contributed by atoms with Gasteiger partial charge in [0.15, 0.2) is 0 Å². The third-order valence-corrected chi connectivity index (χ3v) is 8.25. The molecule has 0 saturated carbocycles. The zero-order valence-corrected chi connectivity index (χ0v) is 25.6. The summed E-state index contributed by atoms with van der Waals surface area (Å²) in [5, 5.41) is 3.16. The van der Waals surface area contributed by atoms with E-state index in [2.05, 4.69) is 31.3 Å². The van der Waals surface area contributed by atoms with E-state index in [4.69, 9.17) is 4.74 Å². The molecular formula is C32H53N3O4. The number of rotatable bonds is 15. The lowest BCUT2D eigenvalue weighted by molar-refractivity contribution is -0.143. The molecule has 1 fully saturated rings. The average Bonchev–Trinajstić information content (AvgIpc) is 3.36. The Morgan fingerprint density at radius 1 is 1.08 bits per heavy atom. The maximum absolute atomic E-state index is 13.6. The Morgan fingerprint density at radius 2 is 1.74 bits per heavy atom.